The number of piperazine rings is 2. The summed E-state index contributed by atoms with van der Waals surface area (Å²) in [6.07, 6.45) is 4.88. The second-order valence-corrected chi connectivity index (χ2v) is 14.4. The molecule has 0 aromatic rings. The third-order valence-corrected chi connectivity index (χ3v) is 12.2. The van der Waals surface area contributed by atoms with Crippen LogP contribution in [0.3, 0.4) is 0 Å². The van der Waals surface area contributed by atoms with Gasteiger partial charge in [0.25, 0.3) is 0 Å². The Morgan fingerprint density at radius 2 is 0.812 bits per heavy atom. The van der Waals surface area contributed by atoms with E-state index in [0.29, 0.717) is 0 Å². The first-order valence-electron chi connectivity index (χ1n) is 11.2. The first-order chi connectivity index (χ1) is 15.5. The van der Waals surface area contributed by atoms with Gasteiger partial charge in [0.15, 0.2) is 0 Å². The van der Waals surface area contributed by atoms with Gasteiger partial charge >= 0.3 is 0 Å². The minimum atomic E-state index is 0.925. The van der Waals surface area contributed by atoms with Crippen molar-refractivity contribution in [1.82, 2.24) is 19.6 Å². The number of thiocarbonyl (C=S) groups is 4. The van der Waals surface area contributed by atoms with Gasteiger partial charge in [-0.05, 0) is 34.4 Å². The highest BCUT2D eigenvalue weighted by Crippen LogP contribution is 2.30. The molecule has 0 saturated carbocycles. The van der Waals surface area contributed by atoms with Crippen LogP contribution in [0.2, 0.25) is 0 Å². The summed E-state index contributed by atoms with van der Waals surface area (Å²) in [6, 6.07) is 0. The molecule has 4 nitrogen and oxygen atoms in total. The lowest BCUT2D eigenvalue weighted by Gasteiger charge is -2.38. The number of rotatable bonds is 6. The predicted octanol–water partition coefficient (Wildman–Crippen LogP) is 5.81. The van der Waals surface area contributed by atoms with Crippen molar-refractivity contribution < 1.29 is 0 Å². The van der Waals surface area contributed by atoms with E-state index in [0.717, 1.165) is 81.1 Å². The molecule has 0 radical (unpaired) electrons. The number of thioether (sulfide) groups is 2. The van der Waals surface area contributed by atoms with E-state index in [9.17, 15) is 0 Å². The maximum absolute atomic E-state index is 5.69. The van der Waals surface area contributed by atoms with E-state index in [1.807, 2.05) is 23.5 Å². The monoisotopic (exact) mass is 586 g/mol. The first kappa shape index (κ1) is 29.2. The molecule has 182 valence electrons. The molecule has 32 heavy (non-hydrogen) atoms. The number of hydrogen-bond acceptors (Lipinski definition) is 8. The van der Waals surface area contributed by atoms with E-state index < -0.39 is 0 Å². The number of unbranched alkanes of at least 4 members (excludes halogenated alkanes) is 2. The molecule has 2 saturated heterocycles. The van der Waals surface area contributed by atoms with E-state index >= 15 is 0 Å². The van der Waals surface area contributed by atoms with Crippen LogP contribution in [0.5, 0.6) is 0 Å². The van der Waals surface area contributed by atoms with Crippen molar-refractivity contribution in [2.45, 2.75) is 39.5 Å². The van der Waals surface area contributed by atoms with Gasteiger partial charge in [-0.15, -0.1) is 0 Å². The van der Waals surface area contributed by atoms with Crippen LogP contribution >= 0.6 is 94.0 Å². The van der Waals surface area contributed by atoms with Gasteiger partial charge in [0.05, 0.1) is 0 Å². The first-order valence-corrected chi connectivity index (χ1v) is 17.0. The van der Waals surface area contributed by atoms with Crippen LogP contribution in [0, 0.1) is 0 Å². The molecule has 2 heterocycles. The van der Waals surface area contributed by atoms with Crippen LogP contribution in [0.4, 0.5) is 0 Å². The Kier molecular flexibility index (Phi) is 15.1. The summed E-state index contributed by atoms with van der Waals surface area (Å²) in [6.45, 7) is 12.0. The van der Waals surface area contributed by atoms with Gasteiger partial charge in [-0.2, -0.15) is 0 Å². The Balaban J connectivity index is 1.63. The van der Waals surface area contributed by atoms with Crippen molar-refractivity contribution in [2.75, 3.05) is 63.9 Å². The maximum atomic E-state index is 5.69. The van der Waals surface area contributed by atoms with Crippen molar-refractivity contribution in [2.24, 2.45) is 0 Å². The molecule has 2 aliphatic rings. The molecule has 2 rings (SSSR count). The van der Waals surface area contributed by atoms with Crippen LogP contribution in [-0.2, 0) is 0 Å². The summed E-state index contributed by atoms with van der Waals surface area (Å²) in [5.74, 6) is 2.24. The molecule has 0 aromatic heterocycles. The fourth-order valence-corrected chi connectivity index (χ4v) is 8.68. The van der Waals surface area contributed by atoms with Gasteiger partial charge in [-0.25, -0.2) is 0 Å². The van der Waals surface area contributed by atoms with Crippen molar-refractivity contribution in [3.63, 3.8) is 0 Å². The van der Waals surface area contributed by atoms with Gasteiger partial charge in [0.2, 0.25) is 0 Å². The quantitative estimate of drug-likeness (QED) is 0.212. The average Bonchev–Trinajstić information content (AvgIpc) is 2.82. The van der Waals surface area contributed by atoms with Gasteiger partial charge in [-0.1, -0.05) is 99.1 Å². The normalized spacial score (nSPS) is 16.9. The third kappa shape index (κ3) is 10.3. The standard InChI is InChI=1S/C20H34N4S8/c1-3-5-15-29-17(25)21-7-11-23(12-8-21)19(27)31-32-20(28)24-13-9-22(10-14-24)18(26)30-16-6-4-2/h3-16H2,1-2H3. The fourth-order valence-electron chi connectivity index (χ4n) is 3.11. The molecular weight excluding hydrogens is 553 g/mol. The summed E-state index contributed by atoms with van der Waals surface area (Å²) >= 11 is 26.2. The van der Waals surface area contributed by atoms with Gasteiger partial charge in [0, 0.05) is 63.9 Å². The van der Waals surface area contributed by atoms with Crippen LogP contribution in [0.25, 0.3) is 0 Å². The average molecular weight is 587 g/mol. The largest absolute Gasteiger partial charge is 0.354 e. The Morgan fingerprint density at radius 3 is 1.09 bits per heavy atom. The zero-order valence-corrected chi connectivity index (χ0v) is 25.5. The van der Waals surface area contributed by atoms with E-state index in [1.54, 1.807) is 21.6 Å². The molecular formula is C20H34N4S8. The molecule has 0 aliphatic carbocycles. The van der Waals surface area contributed by atoms with Crippen LogP contribution < -0.4 is 0 Å². The van der Waals surface area contributed by atoms with Crippen LogP contribution in [0.15, 0.2) is 0 Å². The van der Waals surface area contributed by atoms with Gasteiger partial charge in [-0.3, -0.25) is 0 Å². The molecule has 12 heteroatoms. The molecule has 0 unspecified atom stereocenters. The summed E-state index contributed by atoms with van der Waals surface area (Å²) in [5, 5.41) is 0. The molecule has 0 amide bonds. The molecule has 0 N–H and O–H groups in total. The Morgan fingerprint density at radius 1 is 0.531 bits per heavy atom. The Labute approximate surface area is 232 Å². The van der Waals surface area contributed by atoms with Gasteiger partial charge in [0.1, 0.15) is 17.3 Å². The summed E-state index contributed by atoms with van der Waals surface area (Å²) in [5.41, 5.74) is 0. The van der Waals surface area contributed by atoms with Crippen molar-refractivity contribution >= 4 is 111 Å². The highest BCUT2D eigenvalue weighted by molar-refractivity contribution is 8.89. The minimum absolute atomic E-state index is 0.925. The number of hydrogen-bond donors (Lipinski definition) is 0. The summed E-state index contributed by atoms with van der Waals surface area (Å²) in [7, 11) is 3.25. The summed E-state index contributed by atoms with van der Waals surface area (Å²) < 4.78 is 3.92. The van der Waals surface area contributed by atoms with Gasteiger partial charge < -0.3 is 19.6 Å². The Hall–Kier alpha value is 0.960. The highest BCUT2D eigenvalue weighted by Gasteiger charge is 2.24. The lowest BCUT2D eigenvalue weighted by Crippen LogP contribution is -2.49. The second kappa shape index (κ2) is 16.6. The van der Waals surface area contributed by atoms with Crippen molar-refractivity contribution in [1.29, 1.82) is 0 Å². The van der Waals surface area contributed by atoms with E-state index in [1.165, 1.54) is 25.7 Å². The smallest absolute Gasteiger partial charge is 0.147 e. The zero-order chi connectivity index (χ0) is 23.3. The van der Waals surface area contributed by atoms with Crippen LogP contribution in [0.1, 0.15) is 39.5 Å². The lowest BCUT2D eigenvalue weighted by molar-refractivity contribution is 0.271. The maximum Gasteiger partial charge on any atom is 0.147 e. The zero-order valence-electron chi connectivity index (χ0n) is 19.0. The highest BCUT2D eigenvalue weighted by atomic mass is 33.1. The minimum Gasteiger partial charge on any atom is -0.354 e. The molecule has 2 aliphatic heterocycles. The summed E-state index contributed by atoms with van der Waals surface area (Å²) in [4.78, 5) is 9.22. The molecule has 0 atom stereocenters. The van der Waals surface area contributed by atoms with Crippen LogP contribution in [-0.4, -0.2) is 101 Å². The second-order valence-electron chi connectivity index (χ2n) is 7.58. The molecule has 0 bridgehead atoms. The van der Waals surface area contributed by atoms with E-state index in [-0.39, 0.29) is 0 Å². The topological polar surface area (TPSA) is 13.0 Å². The molecule has 0 aromatic carbocycles. The SMILES string of the molecule is CCCCSC(=S)N1CCN(C(=S)SSC(=S)N2CCN(C(=S)SCCCC)CC2)CC1. The Bertz CT molecular complexity index is 577. The molecule has 2 fully saturated rings. The predicted molar refractivity (Wildman–Crippen MR) is 167 cm³/mol. The van der Waals surface area contributed by atoms with Crippen molar-refractivity contribution in [3.8, 4) is 0 Å². The number of nitrogens with zero attached hydrogens (tertiary/aromatic N) is 4. The van der Waals surface area contributed by atoms with E-state index in [4.69, 9.17) is 48.9 Å². The lowest BCUT2D eigenvalue weighted by atomic mass is 10.4. The molecule has 0 spiro atoms. The van der Waals surface area contributed by atoms with E-state index in [2.05, 4.69) is 33.4 Å². The van der Waals surface area contributed by atoms with Crippen molar-refractivity contribution in [3.05, 3.63) is 0 Å². The third-order valence-electron chi connectivity index (χ3n) is 5.22. The fraction of sp³-hybridized carbons (Fsp3) is 0.800.